The number of allylic oxidation sites excluding steroid dienone is 1. The fraction of sp³-hybridized carbons (Fsp3) is 0.886. The number of aldehydes is 1. The number of nitrogens with zero attached hydrogens (tertiary/aromatic N) is 1. The molecule has 0 radical (unpaired) electrons. The van der Waals surface area contributed by atoms with Crippen molar-refractivity contribution in [2.75, 3.05) is 19.6 Å². The lowest BCUT2D eigenvalue weighted by Gasteiger charge is -2.60. The average molecular weight is 554 g/mol. The molecule has 6 aliphatic rings. The molecule has 40 heavy (non-hydrogen) atoms. The summed E-state index contributed by atoms with van der Waals surface area (Å²) in [6.07, 6.45) is 18.4. The zero-order valence-electron chi connectivity index (χ0n) is 25.7. The van der Waals surface area contributed by atoms with E-state index in [1.807, 2.05) is 0 Å². The molecular weight excluding hydrogens is 498 g/mol. The Balaban J connectivity index is 1.40. The van der Waals surface area contributed by atoms with Gasteiger partial charge in [-0.2, -0.15) is 0 Å². The highest BCUT2D eigenvalue weighted by Crippen LogP contribution is 2.84. The van der Waals surface area contributed by atoms with Crippen molar-refractivity contribution in [2.45, 2.75) is 123 Å². The van der Waals surface area contributed by atoms with Gasteiger partial charge in [0.05, 0.1) is 17.6 Å². The minimum Gasteiger partial charge on any atom is -0.481 e. The van der Waals surface area contributed by atoms with Crippen LogP contribution in [0.25, 0.3) is 0 Å². The van der Waals surface area contributed by atoms with Gasteiger partial charge in [0.25, 0.3) is 0 Å². The number of carbonyl (C=O) groups excluding carboxylic acids is 1. The number of carboxylic acids is 1. The lowest BCUT2D eigenvalue weighted by molar-refractivity contribution is -0.197. The van der Waals surface area contributed by atoms with Crippen LogP contribution in [0.3, 0.4) is 0 Å². The number of aliphatic carboxylic acids is 1. The summed E-state index contributed by atoms with van der Waals surface area (Å²) in [5.41, 5.74) is -1.37. The molecule has 224 valence electrons. The second-order valence-corrected chi connectivity index (χ2v) is 15.2. The van der Waals surface area contributed by atoms with Crippen LogP contribution < -0.4 is 0 Å². The minimum atomic E-state index is -1.12. The van der Waals surface area contributed by atoms with Crippen molar-refractivity contribution in [3.05, 3.63) is 11.6 Å². The number of piperidine rings is 1. The van der Waals surface area contributed by atoms with E-state index in [1.54, 1.807) is 0 Å². The Morgan fingerprint density at radius 2 is 1.93 bits per heavy atom. The maximum absolute atomic E-state index is 14.0. The highest BCUT2D eigenvalue weighted by Gasteiger charge is 2.86. The first-order valence-corrected chi connectivity index (χ1v) is 17.1. The number of carbonyl (C=O) groups is 2. The lowest BCUT2D eigenvalue weighted by Crippen LogP contribution is -2.65. The number of fused-ring (bicyclic) bond motifs is 2. The van der Waals surface area contributed by atoms with Crippen LogP contribution in [0, 0.1) is 51.8 Å². The Morgan fingerprint density at radius 1 is 1.15 bits per heavy atom. The Hall–Kier alpha value is -1.20. The summed E-state index contributed by atoms with van der Waals surface area (Å²) in [6, 6.07) is 0. The Morgan fingerprint density at radius 3 is 2.60 bits per heavy atom. The normalized spacial score (nSPS) is 46.1. The van der Waals surface area contributed by atoms with Crippen LogP contribution in [-0.2, 0) is 14.3 Å². The van der Waals surface area contributed by atoms with Gasteiger partial charge in [0, 0.05) is 12.0 Å². The fourth-order valence-electron chi connectivity index (χ4n) is 11.7. The second-order valence-electron chi connectivity index (χ2n) is 15.2. The third-order valence-electron chi connectivity index (χ3n) is 13.3. The van der Waals surface area contributed by atoms with Crippen molar-refractivity contribution in [1.82, 2.24) is 4.90 Å². The number of rotatable bonds is 11. The van der Waals surface area contributed by atoms with Crippen molar-refractivity contribution >= 4 is 12.3 Å². The highest BCUT2D eigenvalue weighted by atomic mass is 16.5. The third kappa shape index (κ3) is 3.84. The van der Waals surface area contributed by atoms with Crippen LogP contribution in [0.1, 0.15) is 111 Å². The Kier molecular flexibility index (Phi) is 7.81. The van der Waals surface area contributed by atoms with Crippen LogP contribution >= 0.6 is 0 Å². The van der Waals surface area contributed by atoms with E-state index < -0.39 is 22.2 Å². The molecule has 2 aliphatic heterocycles. The summed E-state index contributed by atoms with van der Waals surface area (Å²) in [5, 5.41) is 11.5. The molecule has 0 aromatic heterocycles. The molecular formula is C35H55NO4. The van der Waals surface area contributed by atoms with E-state index in [1.165, 1.54) is 57.7 Å². The quantitative estimate of drug-likeness (QED) is 0.167. The van der Waals surface area contributed by atoms with E-state index in [-0.39, 0.29) is 30.0 Å². The smallest absolute Gasteiger partial charge is 0.315 e. The molecule has 4 aliphatic carbocycles. The molecule has 0 spiro atoms. The number of hydrogen-bond acceptors (Lipinski definition) is 4. The van der Waals surface area contributed by atoms with Gasteiger partial charge in [-0.15, -0.1) is 0 Å². The van der Waals surface area contributed by atoms with Gasteiger partial charge in [-0.05, 0) is 93.5 Å². The second kappa shape index (κ2) is 10.8. The zero-order chi connectivity index (χ0) is 28.3. The monoisotopic (exact) mass is 553 g/mol. The predicted molar refractivity (Wildman–Crippen MR) is 158 cm³/mol. The molecule has 0 aromatic carbocycles. The summed E-state index contributed by atoms with van der Waals surface area (Å²) in [5.74, 6) is 1.15. The summed E-state index contributed by atoms with van der Waals surface area (Å²) in [6.45, 7) is 12.2. The molecule has 7 unspecified atom stereocenters. The van der Waals surface area contributed by atoms with Crippen LogP contribution in [0.2, 0.25) is 0 Å². The highest BCUT2D eigenvalue weighted by molar-refractivity contribution is 5.90. The molecule has 2 heterocycles. The largest absolute Gasteiger partial charge is 0.481 e. The van der Waals surface area contributed by atoms with Gasteiger partial charge in [-0.3, -0.25) is 4.79 Å². The van der Waals surface area contributed by atoms with E-state index in [0.29, 0.717) is 24.2 Å². The van der Waals surface area contributed by atoms with E-state index in [0.717, 1.165) is 50.9 Å². The fourth-order valence-corrected chi connectivity index (χ4v) is 11.7. The topological polar surface area (TPSA) is 66.8 Å². The Bertz CT molecular complexity index is 1000. The molecule has 0 amide bonds. The maximum Gasteiger partial charge on any atom is 0.315 e. The van der Waals surface area contributed by atoms with Crippen LogP contribution in [-0.4, -0.2) is 54.1 Å². The summed E-state index contributed by atoms with van der Waals surface area (Å²) in [7, 11) is 0. The van der Waals surface area contributed by atoms with Crippen LogP contribution in [0.4, 0.5) is 0 Å². The van der Waals surface area contributed by atoms with Crippen LogP contribution in [0.15, 0.2) is 11.6 Å². The van der Waals surface area contributed by atoms with E-state index in [2.05, 4.69) is 38.7 Å². The summed E-state index contributed by atoms with van der Waals surface area (Å²) >= 11 is 0. The number of unbranched alkanes of at least 4 members (excludes halogenated alkanes) is 3. The first-order valence-electron chi connectivity index (χ1n) is 17.1. The van der Waals surface area contributed by atoms with Gasteiger partial charge in [0.15, 0.2) is 0 Å². The predicted octanol–water partition coefficient (Wildman–Crippen LogP) is 7.14. The zero-order valence-corrected chi connectivity index (χ0v) is 25.7. The van der Waals surface area contributed by atoms with Crippen molar-refractivity contribution < 1.29 is 19.4 Å². The molecule has 3 saturated carbocycles. The van der Waals surface area contributed by atoms with Gasteiger partial charge in [0.1, 0.15) is 11.7 Å². The van der Waals surface area contributed by atoms with Gasteiger partial charge in [-0.1, -0.05) is 77.9 Å². The van der Waals surface area contributed by atoms with Gasteiger partial charge in [0.2, 0.25) is 0 Å². The van der Waals surface area contributed by atoms with Gasteiger partial charge >= 0.3 is 5.97 Å². The molecule has 1 N–H and O–H groups in total. The van der Waals surface area contributed by atoms with E-state index >= 15 is 0 Å². The molecule has 0 aromatic rings. The van der Waals surface area contributed by atoms with Crippen molar-refractivity contribution in [2.24, 2.45) is 51.8 Å². The molecule has 5 heteroatoms. The number of ether oxygens (including phenoxy) is 1. The number of carboxylic acid groups (broad SMARTS) is 1. The Labute approximate surface area is 242 Å². The summed E-state index contributed by atoms with van der Waals surface area (Å²) in [4.78, 5) is 30.1. The molecule has 4 bridgehead atoms. The lowest BCUT2D eigenvalue weighted by atomic mass is 9.41. The number of hydrogen-bond donors (Lipinski definition) is 1. The van der Waals surface area contributed by atoms with Gasteiger partial charge < -0.3 is 19.5 Å². The molecule has 6 rings (SSSR count). The first kappa shape index (κ1) is 28.9. The van der Waals surface area contributed by atoms with Crippen molar-refractivity contribution in [1.29, 1.82) is 0 Å². The maximum atomic E-state index is 14.0. The number of likely N-dealkylation sites (tertiary alicyclic amines) is 1. The van der Waals surface area contributed by atoms with Crippen molar-refractivity contribution in [3.63, 3.8) is 0 Å². The molecule has 5 fully saturated rings. The summed E-state index contributed by atoms with van der Waals surface area (Å²) < 4.78 is 7.30. The van der Waals surface area contributed by atoms with E-state index in [9.17, 15) is 14.7 Å². The minimum absolute atomic E-state index is 0.0809. The first-order chi connectivity index (χ1) is 19.3. The van der Waals surface area contributed by atoms with Crippen molar-refractivity contribution in [3.8, 4) is 0 Å². The molecule has 2 saturated heterocycles. The van der Waals surface area contributed by atoms with Gasteiger partial charge in [-0.25, -0.2) is 0 Å². The third-order valence-corrected chi connectivity index (χ3v) is 13.3. The average Bonchev–Trinajstić information content (AvgIpc) is 3.65. The van der Waals surface area contributed by atoms with E-state index in [4.69, 9.17) is 4.74 Å². The molecule has 5 nitrogen and oxygen atoms in total. The SMILES string of the molecule is CCCCCCC1CC(C23C[C@@H]4[C@H](C)CC[C@H]4C4(C=O)CC2C=C(C(C)C)C34C(=O)O)OC1CN1CCCCC1. The van der Waals surface area contributed by atoms with Crippen LogP contribution in [0.5, 0.6) is 0 Å². The standard InChI is InChI=1S/C35H55NO4/c1-5-6-7-9-12-25-17-31(40-30(25)21-36-15-10-8-11-16-36)34-20-27-24(4)13-14-28(27)33(22-37)19-26(34)18-29(23(2)3)35(33,34)32(38)39/h18,22-28,30-31H,5-17,19-21H2,1-4H3,(H,38,39)/t24-,25?,26?,27-,28-,30?,31?,33?,34?,35?/m1/s1. The molecule has 10 atom stereocenters.